The van der Waals surface area contributed by atoms with Crippen LogP contribution in [0.5, 0.6) is 0 Å². The molecule has 0 radical (unpaired) electrons. The molecule has 0 aromatic carbocycles. The monoisotopic (exact) mass is 290 g/mol. The van der Waals surface area contributed by atoms with Gasteiger partial charge in [-0.3, -0.25) is 4.79 Å². The van der Waals surface area contributed by atoms with Gasteiger partial charge in [-0.25, -0.2) is 9.97 Å². The third kappa shape index (κ3) is 2.85. The topological polar surface area (TPSA) is 58.6 Å². The Morgan fingerprint density at radius 3 is 3.00 bits per heavy atom. The van der Waals surface area contributed by atoms with Crippen molar-refractivity contribution in [2.45, 2.75) is 32.0 Å². The minimum atomic E-state index is 0.0219. The van der Waals surface area contributed by atoms with Crippen LogP contribution in [0.3, 0.4) is 0 Å². The molecule has 6 heteroatoms. The van der Waals surface area contributed by atoms with Crippen molar-refractivity contribution in [2.75, 3.05) is 32.1 Å². The zero-order chi connectivity index (χ0) is 15.0. The van der Waals surface area contributed by atoms with Crippen molar-refractivity contribution in [3.05, 3.63) is 18.0 Å². The van der Waals surface area contributed by atoms with E-state index in [4.69, 9.17) is 4.74 Å². The van der Waals surface area contributed by atoms with Crippen LogP contribution in [0.2, 0.25) is 0 Å². The minimum absolute atomic E-state index is 0.0219. The fourth-order valence-electron chi connectivity index (χ4n) is 3.16. The zero-order valence-electron chi connectivity index (χ0n) is 12.8. The Kier molecular flexibility index (Phi) is 3.80. The molecule has 0 saturated carbocycles. The number of aromatic nitrogens is 2. The molecule has 2 fully saturated rings. The summed E-state index contributed by atoms with van der Waals surface area (Å²) >= 11 is 0. The molecule has 0 aliphatic carbocycles. The molecule has 3 rings (SSSR count). The van der Waals surface area contributed by atoms with Crippen LogP contribution >= 0.6 is 0 Å². The van der Waals surface area contributed by atoms with Crippen molar-refractivity contribution in [3.8, 4) is 0 Å². The second-order valence-electron chi connectivity index (χ2n) is 6.09. The van der Waals surface area contributed by atoms with E-state index < -0.39 is 0 Å². The molecule has 2 aliphatic rings. The number of nitrogens with zero attached hydrogens (tertiary/aromatic N) is 4. The van der Waals surface area contributed by atoms with E-state index in [2.05, 4.69) is 9.97 Å². The first kappa shape index (κ1) is 14.3. The lowest BCUT2D eigenvalue weighted by Gasteiger charge is -2.33. The van der Waals surface area contributed by atoms with Gasteiger partial charge in [-0.05, 0) is 24.8 Å². The Morgan fingerprint density at radius 2 is 2.29 bits per heavy atom. The van der Waals surface area contributed by atoms with Gasteiger partial charge in [-0.2, -0.15) is 0 Å². The molecule has 0 spiro atoms. The summed E-state index contributed by atoms with van der Waals surface area (Å²) in [5, 5.41) is 0. The average molecular weight is 290 g/mol. The van der Waals surface area contributed by atoms with Crippen molar-refractivity contribution in [1.29, 1.82) is 0 Å². The second kappa shape index (κ2) is 5.60. The SMILES string of the molecule is CC(=O)N1CC[C@H]2C[C@@H](c3ccnc(N(C)C)n3)O[C@@H]2C1. The highest BCUT2D eigenvalue weighted by atomic mass is 16.5. The normalized spacial score (nSPS) is 28.3. The number of hydrogen-bond acceptors (Lipinski definition) is 5. The predicted molar refractivity (Wildman–Crippen MR) is 79.0 cm³/mol. The van der Waals surface area contributed by atoms with Gasteiger partial charge in [0.1, 0.15) is 6.10 Å². The molecule has 114 valence electrons. The Morgan fingerprint density at radius 1 is 1.48 bits per heavy atom. The second-order valence-corrected chi connectivity index (χ2v) is 6.09. The van der Waals surface area contributed by atoms with Crippen LogP contribution in [0.25, 0.3) is 0 Å². The molecule has 3 heterocycles. The van der Waals surface area contributed by atoms with Crippen molar-refractivity contribution in [3.63, 3.8) is 0 Å². The van der Waals surface area contributed by atoms with Gasteiger partial charge in [-0.1, -0.05) is 0 Å². The summed E-state index contributed by atoms with van der Waals surface area (Å²) in [5.74, 6) is 1.37. The summed E-state index contributed by atoms with van der Waals surface area (Å²) in [6.07, 6.45) is 3.95. The Labute approximate surface area is 125 Å². The van der Waals surface area contributed by atoms with Crippen molar-refractivity contribution in [2.24, 2.45) is 5.92 Å². The van der Waals surface area contributed by atoms with Gasteiger partial charge in [0.05, 0.1) is 11.8 Å². The zero-order valence-corrected chi connectivity index (χ0v) is 12.8. The molecule has 21 heavy (non-hydrogen) atoms. The van der Waals surface area contributed by atoms with Crippen molar-refractivity contribution >= 4 is 11.9 Å². The Hall–Kier alpha value is -1.69. The number of anilines is 1. The van der Waals surface area contributed by atoms with Gasteiger partial charge in [0.25, 0.3) is 0 Å². The van der Waals surface area contributed by atoms with Crippen LogP contribution in [0.4, 0.5) is 5.95 Å². The largest absolute Gasteiger partial charge is 0.367 e. The number of carbonyl (C=O) groups excluding carboxylic acids is 1. The molecule has 1 aromatic rings. The third-order valence-electron chi connectivity index (χ3n) is 4.39. The van der Waals surface area contributed by atoms with Crippen LogP contribution in [0.1, 0.15) is 31.6 Å². The fraction of sp³-hybridized carbons (Fsp3) is 0.667. The molecule has 3 atom stereocenters. The van der Waals surface area contributed by atoms with Crippen molar-refractivity contribution in [1.82, 2.24) is 14.9 Å². The highest BCUT2D eigenvalue weighted by Crippen LogP contribution is 2.40. The number of likely N-dealkylation sites (tertiary alicyclic amines) is 1. The lowest BCUT2D eigenvalue weighted by Crippen LogP contribution is -2.44. The Balaban J connectivity index is 1.72. The first-order chi connectivity index (χ1) is 10.0. The molecule has 0 N–H and O–H groups in total. The maximum Gasteiger partial charge on any atom is 0.225 e. The number of ether oxygens (including phenoxy) is 1. The summed E-state index contributed by atoms with van der Waals surface area (Å²) in [5.41, 5.74) is 0.942. The van der Waals surface area contributed by atoms with Gasteiger partial charge in [0, 0.05) is 40.3 Å². The summed E-state index contributed by atoms with van der Waals surface area (Å²) in [6.45, 7) is 3.18. The van der Waals surface area contributed by atoms with E-state index in [1.54, 1.807) is 13.1 Å². The molecule has 0 unspecified atom stereocenters. The van der Waals surface area contributed by atoms with Gasteiger partial charge >= 0.3 is 0 Å². The number of carbonyl (C=O) groups is 1. The molecule has 1 aromatic heterocycles. The highest BCUT2D eigenvalue weighted by Gasteiger charge is 2.40. The van der Waals surface area contributed by atoms with Gasteiger partial charge in [0.2, 0.25) is 11.9 Å². The van der Waals surface area contributed by atoms with E-state index in [0.717, 1.165) is 25.1 Å². The van der Waals surface area contributed by atoms with Crippen LogP contribution in [0.15, 0.2) is 12.3 Å². The van der Waals surface area contributed by atoms with Crippen LogP contribution in [-0.4, -0.2) is 54.1 Å². The quantitative estimate of drug-likeness (QED) is 0.820. The number of amides is 1. The van der Waals surface area contributed by atoms with Crippen LogP contribution in [-0.2, 0) is 9.53 Å². The van der Waals surface area contributed by atoms with E-state index >= 15 is 0 Å². The Bertz CT molecular complexity index is 534. The minimum Gasteiger partial charge on any atom is -0.367 e. The van der Waals surface area contributed by atoms with E-state index in [0.29, 0.717) is 18.4 Å². The molecule has 2 aliphatic heterocycles. The molecular formula is C15H22N4O2. The summed E-state index contributed by atoms with van der Waals surface area (Å²) in [4.78, 5) is 24.1. The van der Waals surface area contributed by atoms with E-state index in [9.17, 15) is 4.79 Å². The molecule has 1 amide bonds. The molecule has 0 bridgehead atoms. The molecule has 2 saturated heterocycles. The summed E-state index contributed by atoms with van der Waals surface area (Å²) < 4.78 is 6.16. The lowest BCUT2D eigenvalue weighted by molar-refractivity contribution is -0.133. The van der Waals surface area contributed by atoms with Gasteiger partial charge in [0.15, 0.2) is 0 Å². The number of fused-ring (bicyclic) bond motifs is 1. The number of rotatable bonds is 2. The maximum absolute atomic E-state index is 11.5. The first-order valence-corrected chi connectivity index (χ1v) is 7.46. The van der Waals surface area contributed by atoms with Crippen LogP contribution in [0, 0.1) is 5.92 Å². The van der Waals surface area contributed by atoms with Crippen LogP contribution < -0.4 is 4.90 Å². The number of piperidine rings is 1. The van der Waals surface area contributed by atoms with E-state index in [1.165, 1.54) is 0 Å². The van der Waals surface area contributed by atoms with E-state index in [1.807, 2.05) is 30.0 Å². The highest BCUT2D eigenvalue weighted by molar-refractivity contribution is 5.73. The first-order valence-electron chi connectivity index (χ1n) is 7.46. The lowest BCUT2D eigenvalue weighted by atomic mass is 9.91. The van der Waals surface area contributed by atoms with E-state index in [-0.39, 0.29) is 18.1 Å². The summed E-state index contributed by atoms with van der Waals surface area (Å²) in [6, 6.07) is 1.93. The predicted octanol–water partition coefficient (Wildman–Crippen LogP) is 1.24. The maximum atomic E-state index is 11.5. The van der Waals surface area contributed by atoms with Gasteiger partial charge < -0.3 is 14.5 Å². The molecule has 6 nitrogen and oxygen atoms in total. The van der Waals surface area contributed by atoms with Gasteiger partial charge in [-0.15, -0.1) is 0 Å². The third-order valence-corrected chi connectivity index (χ3v) is 4.39. The summed E-state index contributed by atoms with van der Waals surface area (Å²) in [7, 11) is 3.86. The smallest absolute Gasteiger partial charge is 0.225 e. The number of hydrogen-bond donors (Lipinski definition) is 0. The molecular weight excluding hydrogens is 268 g/mol. The fourth-order valence-corrected chi connectivity index (χ4v) is 3.16. The average Bonchev–Trinajstić information content (AvgIpc) is 2.90. The standard InChI is InChI=1S/C15H22N4O2/c1-10(20)19-7-5-11-8-13(21-14(11)9-19)12-4-6-16-15(17-12)18(2)3/h4,6,11,13-14H,5,7-9H2,1-3H3/t11-,13-,14+/m0/s1. The van der Waals surface area contributed by atoms with Crippen molar-refractivity contribution < 1.29 is 9.53 Å².